The van der Waals surface area contributed by atoms with Crippen molar-refractivity contribution in [2.24, 2.45) is 5.73 Å². The van der Waals surface area contributed by atoms with Gasteiger partial charge in [-0.3, -0.25) is 0 Å². The van der Waals surface area contributed by atoms with Gasteiger partial charge in [-0.05, 0) is 28.8 Å². The smallest absolute Gasteiger partial charge is 0.172 e. The second kappa shape index (κ2) is 9.72. The van der Waals surface area contributed by atoms with Crippen molar-refractivity contribution in [1.29, 1.82) is 0 Å². The van der Waals surface area contributed by atoms with Crippen molar-refractivity contribution in [3.05, 3.63) is 77.6 Å². The van der Waals surface area contributed by atoms with E-state index < -0.39 is 0 Å². The number of aryl methyl sites for hydroxylation is 1. The monoisotopic (exact) mass is 448 g/mol. The Morgan fingerprint density at radius 2 is 1.67 bits per heavy atom. The van der Waals surface area contributed by atoms with Crippen LogP contribution >= 0.6 is 17.0 Å². The Kier molecular flexibility index (Phi) is 8.32. The van der Waals surface area contributed by atoms with E-state index in [1.165, 1.54) is 27.5 Å². The first-order chi connectivity index (χ1) is 10.8. The van der Waals surface area contributed by atoms with Crippen LogP contribution in [0.5, 0.6) is 0 Å². The molecule has 1 aromatic heterocycles. The molecule has 0 aliphatic carbocycles. The van der Waals surface area contributed by atoms with Gasteiger partial charge in [-0.25, -0.2) is 4.57 Å². The zero-order valence-electron chi connectivity index (χ0n) is 13.7. The third-order valence-corrected chi connectivity index (χ3v) is 3.91. The van der Waals surface area contributed by atoms with E-state index in [2.05, 4.69) is 84.6 Å². The maximum absolute atomic E-state index is 5.60. The van der Waals surface area contributed by atoms with E-state index in [4.69, 9.17) is 5.73 Å². The second-order valence-corrected chi connectivity index (χ2v) is 5.51. The predicted molar refractivity (Wildman–Crippen MR) is 104 cm³/mol. The number of nitrogens with zero attached hydrogens (tertiary/aromatic N) is 1. The van der Waals surface area contributed by atoms with Crippen LogP contribution in [0.15, 0.2) is 60.9 Å². The Hall–Kier alpha value is -1.49. The number of aromatic nitrogens is 1. The molecule has 0 saturated heterocycles. The third-order valence-electron chi connectivity index (χ3n) is 3.91. The number of fused-ring (bicyclic) bond motifs is 1. The van der Waals surface area contributed by atoms with Crippen LogP contribution in [0.3, 0.4) is 0 Å². The summed E-state index contributed by atoms with van der Waals surface area (Å²) in [6.07, 6.45) is 8.61. The summed E-state index contributed by atoms with van der Waals surface area (Å²) < 4.78 is 2.13. The maximum Gasteiger partial charge on any atom is 0.172 e. The van der Waals surface area contributed by atoms with Crippen molar-refractivity contribution in [3.63, 3.8) is 0 Å². The molecule has 126 valence electrons. The van der Waals surface area contributed by atoms with Crippen LogP contribution < -0.4 is 27.3 Å². The Morgan fingerprint density at radius 3 is 2.42 bits per heavy atom. The number of nitrogens with two attached hydrogens (primary N) is 1. The summed E-state index contributed by atoms with van der Waals surface area (Å²) in [6.45, 7) is 3.65. The quantitative estimate of drug-likeness (QED) is 0.595. The van der Waals surface area contributed by atoms with Gasteiger partial charge in [0.15, 0.2) is 18.9 Å². The lowest BCUT2D eigenvalue weighted by atomic mass is 10.0. The van der Waals surface area contributed by atoms with Crippen molar-refractivity contribution in [1.82, 2.24) is 0 Å². The van der Waals surface area contributed by atoms with E-state index in [9.17, 15) is 0 Å². The van der Waals surface area contributed by atoms with Crippen LogP contribution in [0.2, 0.25) is 0 Å². The lowest BCUT2D eigenvalue weighted by molar-refractivity contribution is -0.694. The van der Waals surface area contributed by atoms with E-state index in [0.29, 0.717) is 6.54 Å². The summed E-state index contributed by atoms with van der Waals surface area (Å²) in [5.74, 6) is 0. The molecule has 1 heterocycles. The summed E-state index contributed by atoms with van der Waals surface area (Å²) in [5.41, 5.74) is 9.34. The second-order valence-electron chi connectivity index (χ2n) is 5.51. The highest BCUT2D eigenvalue weighted by atomic mass is 79.9. The number of halogens is 2. The number of hydrogen-bond acceptors (Lipinski definition) is 1. The lowest BCUT2D eigenvalue weighted by Gasteiger charge is -2.03. The minimum atomic E-state index is 0. The van der Waals surface area contributed by atoms with E-state index in [0.717, 1.165) is 6.54 Å². The van der Waals surface area contributed by atoms with Crippen LogP contribution in [0, 0.1) is 6.92 Å². The van der Waals surface area contributed by atoms with Gasteiger partial charge in [-0.15, -0.1) is 17.0 Å². The van der Waals surface area contributed by atoms with Crippen molar-refractivity contribution >= 4 is 39.9 Å². The molecular weight excluding hydrogens is 428 g/mol. The molecule has 0 spiro atoms. The first kappa shape index (κ1) is 20.6. The van der Waals surface area contributed by atoms with Crippen molar-refractivity contribution < 1.29 is 21.5 Å². The summed E-state index contributed by atoms with van der Waals surface area (Å²) in [7, 11) is 0. The molecular formula is C20H22Br2N2. The lowest BCUT2D eigenvalue weighted by Crippen LogP contribution is -3.00. The number of hydrogen-bond donors (Lipinski definition) is 1. The van der Waals surface area contributed by atoms with Gasteiger partial charge in [-0.1, -0.05) is 54.6 Å². The molecule has 0 unspecified atom stereocenters. The first-order valence-corrected chi connectivity index (χ1v) is 7.63. The molecule has 0 bridgehead atoms. The van der Waals surface area contributed by atoms with Crippen LogP contribution in [-0.4, -0.2) is 6.54 Å². The molecule has 0 amide bonds. The van der Waals surface area contributed by atoms with E-state index >= 15 is 0 Å². The molecule has 3 rings (SSSR count). The Morgan fingerprint density at radius 1 is 0.958 bits per heavy atom. The fraction of sp³-hybridized carbons (Fsp3) is 0.150. The SMILES string of the molecule is Br.Cc1c[n+](CCN)ccc1C=Cc1cccc2ccccc12.[Br-]. The van der Waals surface area contributed by atoms with Gasteiger partial charge in [0, 0.05) is 11.6 Å². The highest BCUT2D eigenvalue weighted by Gasteiger charge is 2.03. The van der Waals surface area contributed by atoms with Gasteiger partial charge in [0.2, 0.25) is 0 Å². The fourth-order valence-corrected chi connectivity index (χ4v) is 2.72. The van der Waals surface area contributed by atoms with Crippen LogP contribution in [0.25, 0.3) is 22.9 Å². The molecule has 0 atom stereocenters. The minimum Gasteiger partial charge on any atom is -1.00 e. The molecule has 0 saturated carbocycles. The molecule has 2 N–H and O–H groups in total. The number of pyridine rings is 1. The van der Waals surface area contributed by atoms with E-state index in [1.807, 2.05) is 0 Å². The topological polar surface area (TPSA) is 29.9 Å². The summed E-state index contributed by atoms with van der Waals surface area (Å²) in [5, 5.41) is 2.56. The molecule has 0 radical (unpaired) electrons. The van der Waals surface area contributed by atoms with Gasteiger partial charge >= 0.3 is 0 Å². The number of benzene rings is 2. The molecule has 3 aromatic rings. The van der Waals surface area contributed by atoms with E-state index in [-0.39, 0.29) is 34.0 Å². The summed E-state index contributed by atoms with van der Waals surface area (Å²) >= 11 is 0. The summed E-state index contributed by atoms with van der Waals surface area (Å²) in [4.78, 5) is 0. The summed E-state index contributed by atoms with van der Waals surface area (Å²) in [6, 6.07) is 17.0. The Labute approximate surface area is 164 Å². The van der Waals surface area contributed by atoms with Gasteiger partial charge in [-0.2, -0.15) is 0 Å². The molecule has 2 nitrogen and oxygen atoms in total. The van der Waals surface area contributed by atoms with Gasteiger partial charge in [0.25, 0.3) is 0 Å². The van der Waals surface area contributed by atoms with Gasteiger partial charge in [0.05, 0.1) is 6.54 Å². The molecule has 0 aliphatic heterocycles. The Bertz CT molecular complexity index is 823. The largest absolute Gasteiger partial charge is 1.00 e. The minimum absolute atomic E-state index is 0. The van der Waals surface area contributed by atoms with Gasteiger partial charge < -0.3 is 22.7 Å². The fourth-order valence-electron chi connectivity index (χ4n) is 2.72. The average Bonchev–Trinajstić information content (AvgIpc) is 2.54. The van der Waals surface area contributed by atoms with Crippen molar-refractivity contribution in [2.75, 3.05) is 6.54 Å². The average molecular weight is 450 g/mol. The number of rotatable bonds is 4. The third kappa shape index (κ3) is 4.76. The first-order valence-electron chi connectivity index (χ1n) is 7.63. The molecule has 0 fully saturated rings. The van der Waals surface area contributed by atoms with Crippen molar-refractivity contribution in [3.8, 4) is 0 Å². The Balaban J connectivity index is 0.00000144. The highest BCUT2D eigenvalue weighted by molar-refractivity contribution is 8.93. The van der Waals surface area contributed by atoms with Crippen LogP contribution in [-0.2, 0) is 6.54 Å². The maximum atomic E-state index is 5.60. The van der Waals surface area contributed by atoms with Crippen molar-refractivity contribution in [2.45, 2.75) is 13.5 Å². The zero-order valence-corrected chi connectivity index (χ0v) is 17.0. The standard InChI is InChI=1S/C20H21N2.2BrH/c1-16-15-22(14-12-21)13-11-17(16)9-10-19-7-4-6-18-5-2-3-8-20(18)19;;/h2-11,13,15H,12,14,21H2,1H3;2*1H/q+1;;/p-1. The predicted octanol–water partition coefficient (Wildman–Crippen LogP) is 1.15. The van der Waals surface area contributed by atoms with E-state index in [1.54, 1.807) is 0 Å². The molecule has 0 aliphatic rings. The van der Waals surface area contributed by atoms with Crippen LogP contribution in [0.1, 0.15) is 16.7 Å². The normalized spacial score (nSPS) is 10.4. The molecule has 4 heteroatoms. The zero-order chi connectivity index (χ0) is 15.4. The van der Waals surface area contributed by atoms with Gasteiger partial charge in [0.1, 0.15) is 0 Å². The molecule has 24 heavy (non-hydrogen) atoms. The molecule has 2 aromatic carbocycles. The highest BCUT2D eigenvalue weighted by Crippen LogP contribution is 2.21. The van der Waals surface area contributed by atoms with Crippen LogP contribution in [0.4, 0.5) is 0 Å².